The van der Waals surface area contributed by atoms with E-state index in [1.165, 1.54) is 6.92 Å². The average molecular weight is 328 g/mol. The van der Waals surface area contributed by atoms with Crippen molar-refractivity contribution in [2.75, 3.05) is 0 Å². The van der Waals surface area contributed by atoms with Gasteiger partial charge in [-0.3, -0.25) is 4.79 Å². The molecule has 2 atom stereocenters. The van der Waals surface area contributed by atoms with Crippen LogP contribution in [0.1, 0.15) is 24.5 Å². The van der Waals surface area contributed by atoms with Gasteiger partial charge in [-0.1, -0.05) is 19.1 Å². The fourth-order valence-corrected chi connectivity index (χ4v) is 1.93. The van der Waals surface area contributed by atoms with E-state index in [-0.39, 0.29) is 12.8 Å². The molecule has 0 fully saturated rings. The van der Waals surface area contributed by atoms with E-state index in [2.05, 4.69) is 5.32 Å². The summed E-state index contributed by atoms with van der Waals surface area (Å²) in [5, 5.41) is 19.9. The molecule has 0 bridgehead atoms. The molecule has 8 heteroatoms. The lowest BCUT2D eigenvalue weighted by Gasteiger charge is -2.19. The van der Waals surface area contributed by atoms with E-state index in [1.54, 1.807) is 0 Å². The number of hydrogen-bond acceptors (Lipinski definition) is 3. The Hall–Kier alpha value is -2.56. The number of aliphatic carboxylic acids is 1. The van der Waals surface area contributed by atoms with Crippen LogP contribution in [-0.2, 0) is 22.2 Å². The molecule has 0 spiro atoms. The smallest absolute Gasteiger partial charge is 0.416 e. The Morgan fingerprint density at radius 2 is 1.87 bits per heavy atom. The maximum absolute atomic E-state index is 12.4. The van der Waals surface area contributed by atoms with Gasteiger partial charge in [0, 0.05) is 12.3 Å². The van der Waals surface area contributed by atoms with E-state index < -0.39 is 35.6 Å². The predicted molar refractivity (Wildman–Crippen MR) is 74.1 cm³/mol. The average Bonchev–Trinajstić information content (AvgIpc) is 2.44. The number of carboxylic acid groups (broad SMARTS) is 1. The number of alkyl halides is 3. The summed E-state index contributed by atoms with van der Waals surface area (Å²) in [6.07, 6.45) is -4.75. The van der Waals surface area contributed by atoms with Crippen LogP contribution in [0.3, 0.4) is 0 Å². The SMILES string of the molecule is C[C@H](CC#N)[C@@H](NC(=O)Cc1ccc(C(F)(F)F)cc1)C(=O)O. The molecule has 0 aromatic heterocycles. The van der Waals surface area contributed by atoms with E-state index in [1.807, 2.05) is 6.07 Å². The van der Waals surface area contributed by atoms with Gasteiger partial charge in [-0.15, -0.1) is 0 Å². The van der Waals surface area contributed by atoms with E-state index in [0.717, 1.165) is 24.3 Å². The molecule has 1 aromatic rings. The van der Waals surface area contributed by atoms with Crippen LogP contribution in [0.15, 0.2) is 24.3 Å². The molecule has 0 heterocycles. The summed E-state index contributed by atoms with van der Waals surface area (Å²) in [6.45, 7) is 1.51. The van der Waals surface area contributed by atoms with Crippen molar-refractivity contribution in [2.24, 2.45) is 5.92 Å². The van der Waals surface area contributed by atoms with Crippen molar-refractivity contribution in [3.63, 3.8) is 0 Å². The minimum Gasteiger partial charge on any atom is -0.480 e. The second-order valence-corrected chi connectivity index (χ2v) is 5.09. The number of nitrogens with zero attached hydrogens (tertiary/aromatic N) is 1. The van der Waals surface area contributed by atoms with Gasteiger partial charge in [-0.05, 0) is 17.7 Å². The Morgan fingerprint density at radius 3 is 2.30 bits per heavy atom. The fourth-order valence-electron chi connectivity index (χ4n) is 1.93. The van der Waals surface area contributed by atoms with Crippen LogP contribution in [0, 0.1) is 17.2 Å². The monoisotopic (exact) mass is 328 g/mol. The zero-order valence-corrected chi connectivity index (χ0v) is 12.2. The van der Waals surface area contributed by atoms with Gasteiger partial charge in [0.2, 0.25) is 5.91 Å². The molecule has 124 valence electrons. The molecule has 1 aromatic carbocycles. The lowest BCUT2D eigenvalue weighted by atomic mass is 9.98. The summed E-state index contributed by atoms with van der Waals surface area (Å²) in [7, 11) is 0. The molecule has 2 N–H and O–H groups in total. The number of benzene rings is 1. The first kappa shape index (κ1) is 18.5. The van der Waals surface area contributed by atoms with E-state index in [4.69, 9.17) is 10.4 Å². The zero-order valence-electron chi connectivity index (χ0n) is 12.2. The number of carbonyl (C=O) groups excluding carboxylic acids is 1. The fraction of sp³-hybridized carbons (Fsp3) is 0.400. The van der Waals surface area contributed by atoms with Crippen molar-refractivity contribution in [1.82, 2.24) is 5.32 Å². The third kappa shape index (κ3) is 5.62. The van der Waals surface area contributed by atoms with Crippen molar-refractivity contribution < 1.29 is 27.9 Å². The second kappa shape index (κ2) is 7.63. The maximum atomic E-state index is 12.4. The molecular weight excluding hydrogens is 313 g/mol. The highest BCUT2D eigenvalue weighted by atomic mass is 19.4. The molecule has 0 unspecified atom stereocenters. The van der Waals surface area contributed by atoms with Gasteiger partial charge < -0.3 is 10.4 Å². The van der Waals surface area contributed by atoms with Gasteiger partial charge in [0.1, 0.15) is 6.04 Å². The summed E-state index contributed by atoms with van der Waals surface area (Å²) in [4.78, 5) is 22.9. The van der Waals surface area contributed by atoms with Crippen LogP contribution in [0.2, 0.25) is 0 Å². The number of rotatable bonds is 6. The Morgan fingerprint density at radius 1 is 1.30 bits per heavy atom. The van der Waals surface area contributed by atoms with Crippen LogP contribution in [0.25, 0.3) is 0 Å². The van der Waals surface area contributed by atoms with Crippen molar-refractivity contribution in [3.05, 3.63) is 35.4 Å². The van der Waals surface area contributed by atoms with Crippen molar-refractivity contribution >= 4 is 11.9 Å². The summed E-state index contributed by atoms with van der Waals surface area (Å²) < 4.78 is 37.3. The van der Waals surface area contributed by atoms with Crippen LogP contribution in [0.5, 0.6) is 0 Å². The quantitative estimate of drug-likeness (QED) is 0.839. The van der Waals surface area contributed by atoms with Gasteiger partial charge in [-0.2, -0.15) is 18.4 Å². The first-order chi connectivity index (χ1) is 10.6. The van der Waals surface area contributed by atoms with Gasteiger partial charge >= 0.3 is 12.1 Å². The third-order valence-corrected chi connectivity index (χ3v) is 3.21. The second-order valence-electron chi connectivity index (χ2n) is 5.09. The number of carboxylic acids is 1. The highest BCUT2D eigenvalue weighted by Gasteiger charge is 2.30. The minimum absolute atomic E-state index is 0.0441. The van der Waals surface area contributed by atoms with Gasteiger partial charge in [0.15, 0.2) is 0 Å². The van der Waals surface area contributed by atoms with Crippen molar-refractivity contribution in [1.29, 1.82) is 5.26 Å². The Kier molecular flexibility index (Phi) is 6.13. The van der Waals surface area contributed by atoms with Crippen LogP contribution in [0.4, 0.5) is 13.2 Å². The Labute approximate surface area is 130 Å². The van der Waals surface area contributed by atoms with Crippen LogP contribution in [-0.4, -0.2) is 23.0 Å². The summed E-state index contributed by atoms with van der Waals surface area (Å²) in [5.41, 5.74) is -0.500. The van der Waals surface area contributed by atoms with Crippen molar-refractivity contribution in [3.8, 4) is 6.07 Å². The normalized spacial score (nSPS) is 13.7. The molecule has 0 aliphatic heterocycles. The maximum Gasteiger partial charge on any atom is 0.416 e. The summed E-state index contributed by atoms with van der Waals surface area (Å²) in [6, 6.07) is 4.64. The third-order valence-electron chi connectivity index (χ3n) is 3.21. The number of amides is 1. The van der Waals surface area contributed by atoms with Gasteiger partial charge in [0.25, 0.3) is 0 Å². The van der Waals surface area contributed by atoms with E-state index in [0.29, 0.717) is 5.56 Å². The summed E-state index contributed by atoms with van der Waals surface area (Å²) in [5.74, 6) is -2.50. The van der Waals surface area contributed by atoms with Crippen LogP contribution >= 0.6 is 0 Å². The molecule has 0 saturated heterocycles. The molecule has 1 amide bonds. The first-order valence-electron chi connectivity index (χ1n) is 6.70. The van der Waals surface area contributed by atoms with Crippen molar-refractivity contribution in [2.45, 2.75) is 32.0 Å². The largest absolute Gasteiger partial charge is 0.480 e. The Balaban J connectivity index is 2.72. The topological polar surface area (TPSA) is 90.2 Å². The van der Waals surface area contributed by atoms with Gasteiger partial charge in [-0.25, -0.2) is 4.79 Å². The number of nitrogens with one attached hydrogen (secondary N) is 1. The summed E-state index contributed by atoms with van der Waals surface area (Å²) >= 11 is 0. The first-order valence-corrected chi connectivity index (χ1v) is 6.70. The molecule has 0 radical (unpaired) electrons. The van der Waals surface area contributed by atoms with E-state index >= 15 is 0 Å². The predicted octanol–water partition coefficient (Wildman–Crippen LogP) is 2.37. The number of halogens is 3. The Bertz CT molecular complexity index is 606. The number of hydrogen-bond donors (Lipinski definition) is 2. The molecule has 1 rings (SSSR count). The van der Waals surface area contributed by atoms with Crippen LogP contribution < -0.4 is 5.32 Å². The number of carbonyl (C=O) groups is 2. The zero-order chi connectivity index (χ0) is 17.6. The van der Waals surface area contributed by atoms with E-state index in [9.17, 15) is 22.8 Å². The molecule has 23 heavy (non-hydrogen) atoms. The molecule has 0 aliphatic rings. The molecule has 0 aliphatic carbocycles. The molecule has 0 saturated carbocycles. The standard InChI is InChI=1S/C15H15F3N2O3/c1-9(6-7-19)13(14(22)23)20-12(21)8-10-2-4-11(5-3-10)15(16,17)18/h2-5,9,13H,6,8H2,1H3,(H,20,21)(H,22,23)/t9-,13-/m1/s1. The molecular formula is C15H15F3N2O3. The molecule has 5 nitrogen and oxygen atoms in total. The lowest BCUT2D eigenvalue weighted by Crippen LogP contribution is -2.45. The lowest BCUT2D eigenvalue weighted by molar-refractivity contribution is -0.143. The highest BCUT2D eigenvalue weighted by Crippen LogP contribution is 2.29. The van der Waals surface area contributed by atoms with Gasteiger partial charge in [0.05, 0.1) is 18.1 Å². The highest BCUT2D eigenvalue weighted by molar-refractivity contribution is 5.85. The minimum atomic E-state index is -4.46. The number of nitriles is 1.